The number of rotatable bonds is 6. The molecule has 1 unspecified atom stereocenters. The van der Waals surface area contributed by atoms with Crippen molar-refractivity contribution in [1.82, 2.24) is 24.7 Å². The number of aromatic nitrogens is 5. The zero-order valence-electron chi connectivity index (χ0n) is 14.3. The predicted octanol–water partition coefficient (Wildman–Crippen LogP) is 3.10. The zero-order valence-corrected chi connectivity index (χ0v) is 14.3. The molecule has 0 aliphatic rings. The van der Waals surface area contributed by atoms with Crippen molar-refractivity contribution in [3.63, 3.8) is 0 Å². The van der Waals surface area contributed by atoms with E-state index in [0.29, 0.717) is 11.7 Å². The summed E-state index contributed by atoms with van der Waals surface area (Å²) in [6.07, 6.45) is 5.54. The Hall–Kier alpha value is -2.76. The van der Waals surface area contributed by atoms with Gasteiger partial charge in [0.15, 0.2) is 5.82 Å². The van der Waals surface area contributed by atoms with Crippen LogP contribution < -0.4 is 5.32 Å². The lowest BCUT2D eigenvalue weighted by molar-refractivity contribution is 0.467. The molecule has 124 valence electrons. The van der Waals surface area contributed by atoms with Gasteiger partial charge in [0.05, 0.1) is 0 Å². The van der Waals surface area contributed by atoms with Gasteiger partial charge in [-0.3, -0.25) is 9.67 Å². The second-order valence-electron chi connectivity index (χ2n) is 6.04. The van der Waals surface area contributed by atoms with Crippen molar-refractivity contribution >= 4 is 5.82 Å². The normalized spacial score (nSPS) is 12.1. The van der Waals surface area contributed by atoms with Gasteiger partial charge in [-0.25, -0.2) is 9.97 Å². The molecule has 24 heavy (non-hydrogen) atoms. The first-order valence-electron chi connectivity index (χ1n) is 8.11. The molecule has 0 amide bonds. The molecule has 3 rings (SSSR count). The maximum absolute atomic E-state index is 4.67. The summed E-state index contributed by atoms with van der Waals surface area (Å²) in [6.45, 7) is 7.92. The van der Waals surface area contributed by atoms with Crippen LogP contribution in [0.5, 0.6) is 0 Å². The van der Waals surface area contributed by atoms with Gasteiger partial charge >= 0.3 is 0 Å². The molecule has 0 fully saturated rings. The van der Waals surface area contributed by atoms with E-state index in [1.807, 2.05) is 49.0 Å². The maximum atomic E-state index is 4.67. The minimum absolute atomic E-state index is 0.429. The van der Waals surface area contributed by atoms with Gasteiger partial charge in [0, 0.05) is 42.9 Å². The number of nitrogens with zero attached hydrogens (tertiary/aromatic N) is 5. The smallest absolute Gasteiger partial charge is 0.180 e. The molecule has 1 atom stereocenters. The fraction of sp³-hybridized carbons (Fsp3) is 0.333. The lowest BCUT2D eigenvalue weighted by atomic mass is 10.1. The van der Waals surface area contributed by atoms with Crippen molar-refractivity contribution in [2.75, 3.05) is 11.9 Å². The summed E-state index contributed by atoms with van der Waals surface area (Å²) in [5, 5.41) is 7.71. The molecule has 0 spiro atoms. The van der Waals surface area contributed by atoms with Gasteiger partial charge in [-0.15, -0.1) is 0 Å². The van der Waals surface area contributed by atoms with Gasteiger partial charge in [-0.2, -0.15) is 5.10 Å². The molecule has 0 bridgehead atoms. The van der Waals surface area contributed by atoms with Crippen LogP contribution in [0.25, 0.3) is 11.5 Å². The first-order valence-corrected chi connectivity index (χ1v) is 8.11. The van der Waals surface area contributed by atoms with Gasteiger partial charge < -0.3 is 5.32 Å². The summed E-state index contributed by atoms with van der Waals surface area (Å²) in [6, 6.07) is 7.70. The highest BCUT2D eigenvalue weighted by atomic mass is 15.3. The minimum atomic E-state index is 0.429. The third kappa shape index (κ3) is 3.76. The Morgan fingerprint density at radius 1 is 1.12 bits per heavy atom. The van der Waals surface area contributed by atoms with Crippen LogP contribution in [-0.4, -0.2) is 31.3 Å². The molecule has 1 N–H and O–H groups in total. The van der Waals surface area contributed by atoms with Crippen molar-refractivity contribution in [3.05, 3.63) is 54.1 Å². The molecule has 0 aromatic carbocycles. The zero-order chi connectivity index (χ0) is 16.9. The molecule has 0 saturated heterocycles. The Balaban J connectivity index is 1.74. The molecule has 0 aliphatic heterocycles. The average Bonchev–Trinajstić information content (AvgIpc) is 3.09. The third-order valence-electron chi connectivity index (χ3n) is 3.96. The van der Waals surface area contributed by atoms with Crippen molar-refractivity contribution in [1.29, 1.82) is 0 Å². The van der Waals surface area contributed by atoms with E-state index in [2.05, 4.69) is 32.3 Å². The van der Waals surface area contributed by atoms with Gasteiger partial charge in [0.2, 0.25) is 0 Å². The van der Waals surface area contributed by atoms with E-state index in [9.17, 15) is 0 Å². The summed E-state index contributed by atoms with van der Waals surface area (Å²) in [5.74, 6) is 1.95. The second kappa shape index (κ2) is 7.21. The first kappa shape index (κ1) is 16.1. The van der Waals surface area contributed by atoms with Crippen LogP contribution >= 0.6 is 0 Å². The van der Waals surface area contributed by atoms with E-state index in [1.165, 1.54) is 0 Å². The highest BCUT2D eigenvalue weighted by Crippen LogP contribution is 2.20. The Labute approximate surface area is 142 Å². The highest BCUT2D eigenvalue weighted by Gasteiger charge is 2.11. The summed E-state index contributed by atoms with van der Waals surface area (Å²) < 4.78 is 1.95. The van der Waals surface area contributed by atoms with E-state index < -0.39 is 0 Å². The summed E-state index contributed by atoms with van der Waals surface area (Å²) in [4.78, 5) is 13.6. The first-order chi connectivity index (χ1) is 11.6. The van der Waals surface area contributed by atoms with E-state index in [-0.39, 0.29) is 0 Å². The second-order valence-corrected chi connectivity index (χ2v) is 6.04. The maximum Gasteiger partial charge on any atom is 0.180 e. The molecule has 0 saturated carbocycles. The Morgan fingerprint density at radius 3 is 2.71 bits per heavy atom. The van der Waals surface area contributed by atoms with E-state index >= 15 is 0 Å². The van der Waals surface area contributed by atoms with E-state index in [0.717, 1.165) is 35.9 Å². The minimum Gasteiger partial charge on any atom is -0.369 e. The number of nitrogens with one attached hydrogen (secondary N) is 1. The monoisotopic (exact) mass is 322 g/mol. The van der Waals surface area contributed by atoms with Crippen LogP contribution in [-0.2, 0) is 6.54 Å². The van der Waals surface area contributed by atoms with Crippen LogP contribution in [0, 0.1) is 19.8 Å². The van der Waals surface area contributed by atoms with Crippen molar-refractivity contribution in [2.24, 2.45) is 5.92 Å². The number of hydrogen-bond donors (Lipinski definition) is 1. The molecule has 6 heteroatoms. The number of pyridine rings is 1. The Bertz CT molecular complexity index is 783. The molecule has 3 aromatic rings. The van der Waals surface area contributed by atoms with Crippen LogP contribution in [0.1, 0.15) is 18.2 Å². The third-order valence-corrected chi connectivity index (χ3v) is 3.96. The highest BCUT2D eigenvalue weighted by molar-refractivity contribution is 5.56. The van der Waals surface area contributed by atoms with Gasteiger partial charge in [0.25, 0.3) is 0 Å². The molecule has 6 nitrogen and oxygen atoms in total. The van der Waals surface area contributed by atoms with Crippen molar-refractivity contribution in [2.45, 2.75) is 27.3 Å². The van der Waals surface area contributed by atoms with Crippen molar-refractivity contribution < 1.29 is 0 Å². The predicted molar refractivity (Wildman–Crippen MR) is 94.6 cm³/mol. The summed E-state index contributed by atoms with van der Waals surface area (Å²) in [5.41, 5.74) is 2.82. The molecule has 3 heterocycles. The lowest BCUT2D eigenvalue weighted by Crippen LogP contribution is -2.19. The van der Waals surface area contributed by atoms with Crippen LogP contribution in [0.4, 0.5) is 5.82 Å². The number of aryl methyl sites for hydroxylation is 1. The van der Waals surface area contributed by atoms with E-state index in [1.54, 1.807) is 12.4 Å². The molecule has 3 aromatic heterocycles. The quantitative estimate of drug-likeness (QED) is 0.755. The standard InChI is InChI=1S/C18H22N6/c1-13(12-24-10-6-9-21-24)11-20-17-14(2)15(3)22-18(23-17)16-7-4-5-8-19-16/h4-10,13H,11-12H2,1-3H3,(H,20,22,23). The fourth-order valence-electron chi connectivity index (χ4n) is 2.47. The number of anilines is 1. The van der Waals surface area contributed by atoms with Crippen LogP contribution in [0.3, 0.4) is 0 Å². The molecular formula is C18H22N6. The van der Waals surface area contributed by atoms with E-state index in [4.69, 9.17) is 0 Å². The van der Waals surface area contributed by atoms with Crippen molar-refractivity contribution in [3.8, 4) is 11.5 Å². The molecule has 0 radical (unpaired) electrons. The topological polar surface area (TPSA) is 68.5 Å². The Kier molecular flexibility index (Phi) is 4.84. The number of hydrogen-bond acceptors (Lipinski definition) is 5. The lowest BCUT2D eigenvalue weighted by Gasteiger charge is -2.16. The molecular weight excluding hydrogens is 300 g/mol. The Morgan fingerprint density at radius 2 is 2.00 bits per heavy atom. The summed E-state index contributed by atoms with van der Waals surface area (Å²) in [7, 11) is 0. The SMILES string of the molecule is Cc1nc(-c2ccccn2)nc(NCC(C)Cn2cccn2)c1C. The summed E-state index contributed by atoms with van der Waals surface area (Å²) >= 11 is 0. The van der Waals surface area contributed by atoms with Gasteiger partial charge in [-0.05, 0) is 38.0 Å². The fourth-order valence-corrected chi connectivity index (χ4v) is 2.47. The molecule has 0 aliphatic carbocycles. The van der Waals surface area contributed by atoms with Gasteiger partial charge in [-0.1, -0.05) is 13.0 Å². The van der Waals surface area contributed by atoms with Crippen LogP contribution in [0.15, 0.2) is 42.9 Å². The average molecular weight is 322 g/mol. The van der Waals surface area contributed by atoms with Gasteiger partial charge in [0.1, 0.15) is 11.5 Å². The van der Waals surface area contributed by atoms with Crippen LogP contribution in [0.2, 0.25) is 0 Å². The largest absolute Gasteiger partial charge is 0.369 e.